The average molecular weight is 472 g/mol. The Hall–Kier alpha value is -2.91. The topological polar surface area (TPSA) is 96.0 Å². The second-order valence-corrected chi connectivity index (χ2v) is 10.8. The van der Waals surface area contributed by atoms with Crippen LogP contribution in [-0.2, 0) is 14.8 Å². The summed E-state index contributed by atoms with van der Waals surface area (Å²) in [4.78, 5) is 27.2. The maximum atomic E-state index is 12.7. The third-order valence-electron chi connectivity index (χ3n) is 5.79. The summed E-state index contributed by atoms with van der Waals surface area (Å²) in [6.07, 6.45) is 1.13. The average Bonchev–Trinajstić information content (AvgIpc) is 3.32. The molecule has 33 heavy (non-hydrogen) atoms. The van der Waals surface area contributed by atoms with Crippen molar-refractivity contribution < 1.29 is 22.7 Å². The molecule has 1 saturated heterocycles. The van der Waals surface area contributed by atoms with Gasteiger partial charge in [-0.25, -0.2) is 8.42 Å². The van der Waals surface area contributed by atoms with E-state index in [0.717, 1.165) is 12.8 Å². The van der Waals surface area contributed by atoms with Crippen molar-refractivity contribution >= 4 is 33.2 Å². The molecule has 1 unspecified atom stereocenters. The number of amides is 2. The van der Waals surface area contributed by atoms with Gasteiger partial charge in [0, 0.05) is 37.0 Å². The van der Waals surface area contributed by atoms with Crippen molar-refractivity contribution in [3.05, 3.63) is 48.0 Å². The highest BCUT2D eigenvalue weighted by molar-refractivity contribution is 7.89. The second-order valence-electron chi connectivity index (χ2n) is 8.87. The zero-order chi connectivity index (χ0) is 23.8. The molecule has 0 spiro atoms. The fourth-order valence-corrected chi connectivity index (χ4v) is 5.62. The first-order chi connectivity index (χ1) is 15.7. The third kappa shape index (κ3) is 4.74. The molecule has 2 amide bonds. The van der Waals surface area contributed by atoms with Crippen LogP contribution < -0.4 is 15.0 Å². The van der Waals surface area contributed by atoms with E-state index in [1.165, 1.54) is 28.6 Å². The maximum absolute atomic E-state index is 12.7. The molecule has 176 valence electrons. The lowest BCUT2D eigenvalue weighted by Gasteiger charge is -2.34. The fraction of sp³-hybridized carbons (Fsp3) is 0.417. The number of rotatable bonds is 6. The lowest BCUT2D eigenvalue weighted by Crippen LogP contribution is -2.46. The van der Waals surface area contributed by atoms with Gasteiger partial charge in [0.25, 0.3) is 11.8 Å². The van der Waals surface area contributed by atoms with Crippen molar-refractivity contribution in [2.45, 2.75) is 44.6 Å². The van der Waals surface area contributed by atoms with E-state index in [1.54, 1.807) is 30.0 Å². The summed E-state index contributed by atoms with van der Waals surface area (Å²) in [7, 11) is -3.52. The summed E-state index contributed by atoms with van der Waals surface area (Å²) in [5, 5.41) is 2.82. The molecule has 0 radical (unpaired) electrons. The molecule has 2 aliphatic rings. The van der Waals surface area contributed by atoms with Crippen LogP contribution in [0.25, 0.3) is 0 Å². The summed E-state index contributed by atoms with van der Waals surface area (Å²) >= 11 is 0. The van der Waals surface area contributed by atoms with E-state index < -0.39 is 16.1 Å². The van der Waals surface area contributed by atoms with Gasteiger partial charge in [0.2, 0.25) is 10.0 Å². The van der Waals surface area contributed by atoms with Gasteiger partial charge < -0.3 is 15.0 Å². The molecule has 0 bridgehead atoms. The van der Waals surface area contributed by atoms with Gasteiger partial charge in [-0.15, -0.1) is 0 Å². The Bertz CT molecular complexity index is 1160. The summed E-state index contributed by atoms with van der Waals surface area (Å²) in [5.74, 6) is 0.382. The Morgan fingerprint density at radius 3 is 2.42 bits per heavy atom. The number of fused-ring (bicyclic) bond motifs is 1. The minimum atomic E-state index is -3.52. The monoisotopic (exact) mass is 471 g/mol. The minimum Gasteiger partial charge on any atom is -0.479 e. The number of hydrogen-bond donors (Lipinski definition) is 1. The number of nitrogens with one attached hydrogen (secondary N) is 1. The smallest absolute Gasteiger partial charge is 0.267 e. The Balaban J connectivity index is 1.50. The van der Waals surface area contributed by atoms with Gasteiger partial charge in [0.15, 0.2) is 6.10 Å². The van der Waals surface area contributed by atoms with Gasteiger partial charge in [-0.1, -0.05) is 13.8 Å². The van der Waals surface area contributed by atoms with Crippen molar-refractivity contribution in [2.75, 3.05) is 29.9 Å². The Morgan fingerprint density at radius 2 is 1.79 bits per heavy atom. The first-order valence-electron chi connectivity index (χ1n) is 11.2. The van der Waals surface area contributed by atoms with Crippen LogP contribution in [0.5, 0.6) is 5.75 Å². The van der Waals surface area contributed by atoms with E-state index in [2.05, 4.69) is 5.32 Å². The van der Waals surface area contributed by atoms with Gasteiger partial charge in [-0.3, -0.25) is 9.59 Å². The maximum Gasteiger partial charge on any atom is 0.267 e. The zero-order valence-electron chi connectivity index (χ0n) is 19.1. The van der Waals surface area contributed by atoms with Gasteiger partial charge in [-0.2, -0.15) is 4.31 Å². The van der Waals surface area contributed by atoms with Crippen LogP contribution in [0.15, 0.2) is 47.4 Å². The van der Waals surface area contributed by atoms with Crippen molar-refractivity contribution in [3.63, 3.8) is 0 Å². The SMILES string of the molecule is CC(C)CN1C(=O)C(C)Oc2cc(NC(=O)c3ccc(S(=O)(=O)N4CCCC4)cc3)ccc21. The van der Waals surface area contributed by atoms with Crippen LogP contribution in [0.3, 0.4) is 0 Å². The molecule has 1 atom stereocenters. The van der Waals surface area contributed by atoms with Gasteiger partial charge in [0.1, 0.15) is 5.75 Å². The summed E-state index contributed by atoms with van der Waals surface area (Å²) < 4.78 is 32.6. The van der Waals surface area contributed by atoms with E-state index in [1.807, 2.05) is 13.8 Å². The molecule has 0 saturated carbocycles. The van der Waals surface area contributed by atoms with E-state index >= 15 is 0 Å². The number of nitrogens with zero attached hydrogens (tertiary/aromatic N) is 2. The highest BCUT2D eigenvalue weighted by Crippen LogP contribution is 2.37. The summed E-state index contributed by atoms with van der Waals surface area (Å²) in [6, 6.07) is 11.2. The standard InChI is InChI=1S/C24H29N3O5S/c1-16(2)15-27-21-11-8-19(14-22(21)32-17(3)24(27)29)25-23(28)18-6-9-20(10-7-18)33(30,31)26-12-4-5-13-26/h6-11,14,16-17H,4-5,12-13,15H2,1-3H3,(H,25,28). The second kappa shape index (κ2) is 9.15. The van der Waals surface area contributed by atoms with Gasteiger partial charge in [0.05, 0.1) is 10.6 Å². The third-order valence-corrected chi connectivity index (χ3v) is 7.71. The van der Waals surface area contributed by atoms with Crippen molar-refractivity contribution in [3.8, 4) is 5.75 Å². The first kappa shape index (κ1) is 23.3. The lowest BCUT2D eigenvalue weighted by atomic mass is 10.1. The molecule has 0 aromatic heterocycles. The number of benzene rings is 2. The molecule has 2 aromatic rings. The van der Waals surface area contributed by atoms with Gasteiger partial charge in [-0.05, 0) is 62.1 Å². The zero-order valence-corrected chi connectivity index (χ0v) is 19.9. The molecule has 4 rings (SSSR count). The predicted molar refractivity (Wildman–Crippen MR) is 126 cm³/mol. The van der Waals surface area contributed by atoms with E-state index in [-0.39, 0.29) is 16.7 Å². The molecule has 0 aliphatic carbocycles. The molecular weight excluding hydrogens is 442 g/mol. The molecule has 2 heterocycles. The molecule has 8 nitrogen and oxygen atoms in total. The predicted octanol–water partition coefficient (Wildman–Crippen LogP) is 3.49. The van der Waals surface area contributed by atoms with Crippen LogP contribution in [-0.4, -0.2) is 50.3 Å². The van der Waals surface area contributed by atoms with Crippen LogP contribution in [0.1, 0.15) is 44.0 Å². The van der Waals surface area contributed by atoms with Crippen molar-refractivity contribution in [1.29, 1.82) is 0 Å². The van der Waals surface area contributed by atoms with E-state index in [0.29, 0.717) is 48.2 Å². The van der Waals surface area contributed by atoms with Crippen LogP contribution in [0.2, 0.25) is 0 Å². The Labute approximate surface area is 194 Å². The number of hydrogen-bond acceptors (Lipinski definition) is 5. The number of carbonyl (C=O) groups is 2. The highest BCUT2D eigenvalue weighted by atomic mass is 32.2. The van der Waals surface area contributed by atoms with Crippen molar-refractivity contribution in [1.82, 2.24) is 4.31 Å². The molecule has 2 aliphatic heterocycles. The molecule has 1 N–H and O–H groups in total. The molecule has 2 aromatic carbocycles. The molecule has 9 heteroatoms. The number of anilines is 2. The lowest BCUT2D eigenvalue weighted by molar-refractivity contribution is -0.125. The quantitative estimate of drug-likeness (QED) is 0.696. The Kier molecular flexibility index (Phi) is 6.45. The Morgan fingerprint density at radius 1 is 1.12 bits per heavy atom. The number of ether oxygens (including phenoxy) is 1. The summed E-state index contributed by atoms with van der Waals surface area (Å²) in [5.41, 5.74) is 1.55. The summed E-state index contributed by atoms with van der Waals surface area (Å²) in [6.45, 7) is 7.44. The molecular formula is C24H29N3O5S. The minimum absolute atomic E-state index is 0.0861. The molecule has 1 fully saturated rings. The number of carbonyl (C=O) groups excluding carboxylic acids is 2. The highest BCUT2D eigenvalue weighted by Gasteiger charge is 2.32. The fourth-order valence-electron chi connectivity index (χ4n) is 4.10. The van der Waals surface area contributed by atoms with Crippen LogP contribution in [0, 0.1) is 5.92 Å². The van der Waals surface area contributed by atoms with E-state index in [9.17, 15) is 18.0 Å². The largest absolute Gasteiger partial charge is 0.479 e. The first-order valence-corrected chi connectivity index (χ1v) is 12.6. The van der Waals surface area contributed by atoms with Crippen LogP contribution >= 0.6 is 0 Å². The van der Waals surface area contributed by atoms with E-state index in [4.69, 9.17) is 4.74 Å². The number of sulfonamides is 1. The van der Waals surface area contributed by atoms with Crippen molar-refractivity contribution in [2.24, 2.45) is 5.92 Å². The van der Waals surface area contributed by atoms with Crippen LogP contribution in [0.4, 0.5) is 11.4 Å². The van der Waals surface area contributed by atoms with Gasteiger partial charge >= 0.3 is 0 Å². The normalized spacial score (nSPS) is 18.8.